The topological polar surface area (TPSA) is 36.9 Å². The Bertz CT molecular complexity index is 922. The Kier molecular flexibility index (Phi) is 3.91. The van der Waals surface area contributed by atoms with Crippen LogP contribution >= 0.6 is 0 Å². The molecule has 0 spiro atoms. The van der Waals surface area contributed by atoms with Gasteiger partial charge in [-0.2, -0.15) is 0 Å². The second-order valence-electron chi connectivity index (χ2n) is 6.99. The van der Waals surface area contributed by atoms with Gasteiger partial charge in [-0.3, -0.25) is 0 Å². The van der Waals surface area contributed by atoms with Crippen molar-refractivity contribution in [3.05, 3.63) is 53.1 Å². The molecule has 2 aliphatic rings. The van der Waals surface area contributed by atoms with Crippen LogP contribution < -0.4 is 18.9 Å². The molecule has 0 saturated carbocycles. The van der Waals surface area contributed by atoms with E-state index in [1.54, 1.807) is 14.2 Å². The number of hydrogen-bond donors (Lipinski definition) is 0. The third kappa shape index (κ3) is 2.92. The molecular weight excluding hydrogens is 328 g/mol. The van der Waals surface area contributed by atoms with Crippen molar-refractivity contribution in [2.45, 2.75) is 19.4 Å². The summed E-state index contributed by atoms with van der Waals surface area (Å²) in [5.41, 5.74) is 3.84. The third-order valence-corrected chi connectivity index (χ3v) is 4.65. The van der Waals surface area contributed by atoms with Gasteiger partial charge in [-0.1, -0.05) is 6.08 Å². The van der Waals surface area contributed by atoms with Gasteiger partial charge in [0, 0.05) is 34.4 Å². The molecule has 26 heavy (non-hydrogen) atoms. The Morgan fingerprint density at radius 2 is 1.81 bits per heavy atom. The number of ether oxygens (including phenoxy) is 4. The van der Waals surface area contributed by atoms with E-state index in [2.05, 4.69) is 24.3 Å². The standard InChI is InChI=1S/C22H22O4/c1-22(2)8-7-15-10-18(21(24-4)12-20(15)26-22)16-9-14-5-6-17(23-3)11-19(14)25-13-16/h5-12H,13H2,1-4H3. The van der Waals surface area contributed by atoms with Crippen LogP contribution in [-0.2, 0) is 0 Å². The maximum absolute atomic E-state index is 6.05. The smallest absolute Gasteiger partial charge is 0.131 e. The molecule has 0 aliphatic carbocycles. The predicted octanol–water partition coefficient (Wildman–Crippen LogP) is 4.82. The lowest BCUT2D eigenvalue weighted by Gasteiger charge is -2.29. The average molecular weight is 350 g/mol. The summed E-state index contributed by atoms with van der Waals surface area (Å²) < 4.78 is 22.9. The number of rotatable bonds is 3. The van der Waals surface area contributed by atoms with Crippen LogP contribution in [0.1, 0.15) is 30.5 Å². The van der Waals surface area contributed by atoms with Crippen LogP contribution in [-0.4, -0.2) is 26.4 Å². The fourth-order valence-corrected chi connectivity index (χ4v) is 3.25. The Balaban J connectivity index is 1.77. The zero-order chi connectivity index (χ0) is 18.3. The van der Waals surface area contributed by atoms with Crippen LogP contribution in [0.3, 0.4) is 0 Å². The lowest BCUT2D eigenvalue weighted by atomic mass is 9.95. The summed E-state index contributed by atoms with van der Waals surface area (Å²) in [5, 5.41) is 0. The molecule has 4 heteroatoms. The minimum Gasteiger partial charge on any atom is -0.497 e. The largest absolute Gasteiger partial charge is 0.497 e. The predicted molar refractivity (Wildman–Crippen MR) is 103 cm³/mol. The summed E-state index contributed by atoms with van der Waals surface area (Å²) in [6.07, 6.45) is 6.31. The summed E-state index contributed by atoms with van der Waals surface area (Å²) in [6, 6.07) is 9.91. The molecule has 0 bridgehead atoms. The summed E-state index contributed by atoms with van der Waals surface area (Å²) in [6.45, 7) is 4.55. The van der Waals surface area contributed by atoms with E-state index >= 15 is 0 Å². The SMILES string of the molecule is COc1ccc2c(c1)OCC(c1cc3c(cc1OC)OC(C)(C)C=C3)=C2. The first-order chi connectivity index (χ1) is 12.5. The summed E-state index contributed by atoms with van der Waals surface area (Å²) in [5.74, 6) is 3.23. The maximum atomic E-state index is 6.05. The van der Waals surface area contributed by atoms with Crippen LogP contribution in [0.25, 0.3) is 17.7 Å². The molecule has 0 saturated heterocycles. The Hall–Kier alpha value is -2.88. The fraction of sp³-hybridized carbons (Fsp3) is 0.273. The first kappa shape index (κ1) is 16.6. The van der Waals surface area contributed by atoms with Gasteiger partial charge in [0.15, 0.2) is 0 Å². The van der Waals surface area contributed by atoms with Crippen molar-refractivity contribution < 1.29 is 18.9 Å². The summed E-state index contributed by atoms with van der Waals surface area (Å²) >= 11 is 0. The van der Waals surface area contributed by atoms with Crippen molar-refractivity contribution in [1.29, 1.82) is 0 Å². The van der Waals surface area contributed by atoms with Gasteiger partial charge in [-0.25, -0.2) is 0 Å². The lowest BCUT2D eigenvalue weighted by molar-refractivity contribution is 0.158. The number of hydrogen-bond acceptors (Lipinski definition) is 4. The van der Waals surface area contributed by atoms with E-state index in [1.165, 1.54) is 0 Å². The number of fused-ring (bicyclic) bond motifs is 2. The van der Waals surface area contributed by atoms with Gasteiger partial charge < -0.3 is 18.9 Å². The lowest BCUT2D eigenvalue weighted by Crippen LogP contribution is -2.27. The first-order valence-corrected chi connectivity index (χ1v) is 8.61. The van der Waals surface area contributed by atoms with Crippen molar-refractivity contribution in [1.82, 2.24) is 0 Å². The molecule has 0 N–H and O–H groups in total. The van der Waals surface area contributed by atoms with Gasteiger partial charge >= 0.3 is 0 Å². The van der Waals surface area contributed by atoms with Crippen molar-refractivity contribution in [2.75, 3.05) is 20.8 Å². The second kappa shape index (κ2) is 6.13. The van der Waals surface area contributed by atoms with Crippen LogP contribution in [0.15, 0.2) is 36.4 Å². The Labute approximate surface area is 153 Å². The molecule has 4 nitrogen and oxygen atoms in total. The molecule has 0 aromatic heterocycles. The molecule has 2 aliphatic heterocycles. The molecule has 4 rings (SSSR count). The first-order valence-electron chi connectivity index (χ1n) is 8.61. The van der Waals surface area contributed by atoms with Crippen molar-refractivity contribution in [3.63, 3.8) is 0 Å². The van der Waals surface area contributed by atoms with Gasteiger partial charge in [0.25, 0.3) is 0 Å². The van der Waals surface area contributed by atoms with E-state index in [9.17, 15) is 0 Å². The Morgan fingerprint density at radius 1 is 0.962 bits per heavy atom. The van der Waals surface area contributed by atoms with E-state index < -0.39 is 0 Å². The van der Waals surface area contributed by atoms with Gasteiger partial charge in [0.05, 0.1) is 14.2 Å². The van der Waals surface area contributed by atoms with Crippen molar-refractivity contribution >= 4 is 17.7 Å². The molecule has 0 fully saturated rings. The molecule has 2 aromatic carbocycles. The van der Waals surface area contributed by atoms with Crippen molar-refractivity contribution in [3.8, 4) is 23.0 Å². The molecule has 0 unspecified atom stereocenters. The highest BCUT2D eigenvalue weighted by Crippen LogP contribution is 2.41. The molecule has 134 valence electrons. The quantitative estimate of drug-likeness (QED) is 0.795. The van der Waals surface area contributed by atoms with E-state index in [-0.39, 0.29) is 5.60 Å². The van der Waals surface area contributed by atoms with Gasteiger partial charge in [0.2, 0.25) is 0 Å². The number of benzene rings is 2. The molecule has 0 amide bonds. The zero-order valence-electron chi connectivity index (χ0n) is 15.5. The van der Waals surface area contributed by atoms with Gasteiger partial charge in [-0.15, -0.1) is 0 Å². The minimum absolute atomic E-state index is 0.315. The monoisotopic (exact) mass is 350 g/mol. The molecule has 2 aromatic rings. The number of methoxy groups -OCH3 is 2. The zero-order valence-corrected chi connectivity index (χ0v) is 15.5. The summed E-state index contributed by atoms with van der Waals surface area (Å²) in [7, 11) is 3.33. The average Bonchev–Trinajstić information content (AvgIpc) is 2.65. The maximum Gasteiger partial charge on any atom is 0.131 e. The molecule has 0 atom stereocenters. The fourth-order valence-electron chi connectivity index (χ4n) is 3.25. The highest BCUT2D eigenvalue weighted by molar-refractivity contribution is 5.89. The third-order valence-electron chi connectivity index (χ3n) is 4.65. The van der Waals surface area contributed by atoms with Crippen LogP contribution in [0, 0.1) is 0 Å². The van der Waals surface area contributed by atoms with Crippen LogP contribution in [0.5, 0.6) is 23.0 Å². The van der Waals surface area contributed by atoms with E-state index in [4.69, 9.17) is 18.9 Å². The molecule has 2 heterocycles. The van der Waals surface area contributed by atoms with Crippen molar-refractivity contribution in [2.24, 2.45) is 0 Å². The Morgan fingerprint density at radius 3 is 2.58 bits per heavy atom. The van der Waals surface area contributed by atoms with Gasteiger partial charge in [0.1, 0.15) is 35.2 Å². The molecule has 0 radical (unpaired) electrons. The van der Waals surface area contributed by atoms with E-state index in [0.717, 1.165) is 45.3 Å². The highest BCUT2D eigenvalue weighted by atomic mass is 16.5. The van der Waals surface area contributed by atoms with Crippen LogP contribution in [0.2, 0.25) is 0 Å². The van der Waals surface area contributed by atoms with Crippen LogP contribution in [0.4, 0.5) is 0 Å². The highest BCUT2D eigenvalue weighted by Gasteiger charge is 2.25. The van der Waals surface area contributed by atoms with E-state index in [1.807, 2.05) is 38.1 Å². The summed E-state index contributed by atoms with van der Waals surface area (Å²) in [4.78, 5) is 0. The normalized spacial score (nSPS) is 16.5. The van der Waals surface area contributed by atoms with E-state index in [0.29, 0.717) is 6.61 Å². The minimum atomic E-state index is -0.315. The van der Waals surface area contributed by atoms with Gasteiger partial charge in [-0.05, 0) is 44.2 Å². The molecular formula is C22H22O4. The second-order valence-corrected chi connectivity index (χ2v) is 6.99.